The van der Waals surface area contributed by atoms with Crippen LogP contribution in [0.5, 0.6) is 0 Å². The number of anilines is 3. The van der Waals surface area contributed by atoms with E-state index in [4.69, 9.17) is 5.73 Å². The van der Waals surface area contributed by atoms with Crippen molar-refractivity contribution >= 4 is 51.8 Å². The molecule has 1 saturated carbocycles. The lowest BCUT2D eigenvalue weighted by Gasteiger charge is -2.12. The smallest absolute Gasteiger partial charge is 0.383 e. The van der Waals surface area contributed by atoms with Crippen LogP contribution >= 0.6 is 11.8 Å². The van der Waals surface area contributed by atoms with Crippen LogP contribution in [0.2, 0.25) is 0 Å². The largest absolute Gasteiger partial charge is 0.446 e. The number of benzene rings is 2. The maximum atomic E-state index is 13.6. The summed E-state index contributed by atoms with van der Waals surface area (Å²) >= 11 is -0.234. The lowest BCUT2D eigenvalue weighted by atomic mass is 10.0. The molecule has 0 bridgehead atoms. The average molecular weight is 541 g/mol. The first-order valence-corrected chi connectivity index (χ1v) is 12.7. The molecule has 38 heavy (non-hydrogen) atoms. The van der Waals surface area contributed by atoms with Gasteiger partial charge in [-0.1, -0.05) is 25.0 Å². The second-order valence-electron chi connectivity index (χ2n) is 8.91. The van der Waals surface area contributed by atoms with Crippen LogP contribution in [-0.2, 0) is 0 Å². The van der Waals surface area contributed by atoms with Gasteiger partial charge in [-0.2, -0.15) is 13.2 Å². The summed E-state index contributed by atoms with van der Waals surface area (Å²) in [5, 5.41) is 5.72. The predicted octanol–water partition coefficient (Wildman–Crippen LogP) is 6.62. The number of nitrogens with one attached hydrogen (secondary N) is 2. The van der Waals surface area contributed by atoms with Gasteiger partial charge in [0, 0.05) is 34.1 Å². The van der Waals surface area contributed by atoms with Gasteiger partial charge in [-0.3, -0.25) is 4.79 Å². The Balaban J connectivity index is 1.33. The molecule has 5 rings (SSSR count). The number of alkyl halides is 3. The number of carbonyl (C=O) groups is 2. The van der Waals surface area contributed by atoms with Crippen molar-refractivity contribution in [3.63, 3.8) is 0 Å². The standard InChI is InChI=1S/C26H23F3N6O2S/c27-26(28,29)38-19-10-8-16(9-11-19)33-25(37)34-17-5-3-4-15(12-17)22(36)20-13-35(18-6-1-2-7-18)24-21(20)23(30)31-14-32-24/h3-5,8-14,18H,1-2,6-7H2,(H2,30,31,32)(H2,33,34,37). The highest BCUT2D eigenvalue weighted by Gasteiger charge is 2.29. The first-order valence-electron chi connectivity index (χ1n) is 11.9. The Labute approximate surface area is 219 Å². The van der Waals surface area contributed by atoms with Crippen LogP contribution < -0.4 is 16.4 Å². The molecule has 0 saturated heterocycles. The number of nitrogens with two attached hydrogens (primary N) is 1. The van der Waals surface area contributed by atoms with E-state index in [1.54, 1.807) is 30.5 Å². The minimum Gasteiger partial charge on any atom is -0.383 e. The van der Waals surface area contributed by atoms with E-state index < -0.39 is 11.5 Å². The van der Waals surface area contributed by atoms with E-state index in [0.29, 0.717) is 33.5 Å². The number of hydrogen-bond donors (Lipinski definition) is 3. The van der Waals surface area contributed by atoms with E-state index in [1.807, 2.05) is 4.57 Å². The van der Waals surface area contributed by atoms with Crippen LogP contribution in [-0.4, -0.2) is 31.9 Å². The fourth-order valence-electron chi connectivity index (χ4n) is 4.67. The number of ketones is 1. The molecular formula is C26H23F3N6O2S. The van der Waals surface area contributed by atoms with Crippen LogP contribution in [0.25, 0.3) is 11.0 Å². The Kier molecular flexibility index (Phi) is 6.98. The number of urea groups is 1. The second kappa shape index (κ2) is 10.4. The zero-order valence-corrected chi connectivity index (χ0v) is 20.8. The Morgan fingerprint density at radius 3 is 2.42 bits per heavy atom. The maximum absolute atomic E-state index is 13.6. The van der Waals surface area contributed by atoms with Gasteiger partial charge in [-0.25, -0.2) is 14.8 Å². The molecule has 4 N–H and O–H groups in total. The topological polar surface area (TPSA) is 115 Å². The summed E-state index contributed by atoms with van der Waals surface area (Å²) in [6, 6.07) is 11.4. The van der Waals surface area contributed by atoms with Crippen molar-refractivity contribution in [1.29, 1.82) is 0 Å². The maximum Gasteiger partial charge on any atom is 0.446 e. The van der Waals surface area contributed by atoms with Gasteiger partial charge in [0.15, 0.2) is 5.78 Å². The van der Waals surface area contributed by atoms with Crippen LogP contribution in [0.15, 0.2) is 66.0 Å². The van der Waals surface area contributed by atoms with Gasteiger partial charge >= 0.3 is 11.5 Å². The third-order valence-electron chi connectivity index (χ3n) is 6.33. The average Bonchev–Trinajstić information content (AvgIpc) is 3.53. The van der Waals surface area contributed by atoms with E-state index in [1.165, 1.54) is 30.6 Å². The number of nitrogens with zero attached hydrogens (tertiary/aromatic N) is 3. The molecular weight excluding hydrogens is 517 g/mol. The van der Waals surface area contributed by atoms with E-state index in [2.05, 4.69) is 20.6 Å². The Morgan fingerprint density at radius 2 is 1.71 bits per heavy atom. The minimum absolute atomic E-state index is 0.00926. The number of carbonyl (C=O) groups excluding carboxylic acids is 2. The second-order valence-corrected chi connectivity index (χ2v) is 10.0. The fraction of sp³-hybridized carbons (Fsp3) is 0.231. The summed E-state index contributed by atoms with van der Waals surface area (Å²) in [5.41, 5.74) is 3.80. The molecule has 4 aromatic rings. The van der Waals surface area contributed by atoms with Crippen LogP contribution in [0.1, 0.15) is 47.6 Å². The van der Waals surface area contributed by atoms with Crippen molar-refractivity contribution in [1.82, 2.24) is 14.5 Å². The van der Waals surface area contributed by atoms with Crippen molar-refractivity contribution in [2.45, 2.75) is 42.1 Å². The summed E-state index contributed by atoms with van der Waals surface area (Å²) < 4.78 is 39.5. The molecule has 2 aromatic heterocycles. The summed E-state index contributed by atoms with van der Waals surface area (Å²) in [7, 11) is 0. The highest BCUT2D eigenvalue weighted by atomic mass is 32.2. The van der Waals surface area contributed by atoms with Gasteiger partial charge in [-0.15, -0.1) is 0 Å². The molecule has 2 aromatic carbocycles. The number of fused-ring (bicyclic) bond motifs is 1. The van der Waals surface area contributed by atoms with Gasteiger partial charge in [-0.05, 0) is 61.0 Å². The van der Waals surface area contributed by atoms with Crippen molar-refractivity contribution < 1.29 is 22.8 Å². The highest BCUT2D eigenvalue weighted by Crippen LogP contribution is 2.37. The number of halogens is 3. The SMILES string of the molecule is Nc1ncnc2c1c(C(=O)c1cccc(NC(=O)Nc3ccc(SC(F)(F)F)cc3)c1)cn2C1CCCC1. The Morgan fingerprint density at radius 1 is 1.00 bits per heavy atom. The molecule has 196 valence electrons. The molecule has 2 amide bonds. The van der Waals surface area contributed by atoms with Gasteiger partial charge in [0.25, 0.3) is 0 Å². The summed E-state index contributed by atoms with van der Waals surface area (Å²) in [5.74, 6) is -0.0570. The third-order valence-corrected chi connectivity index (χ3v) is 7.07. The number of thioether (sulfide) groups is 1. The van der Waals surface area contributed by atoms with Crippen molar-refractivity contribution in [3.05, 3.63) is 72.2 Å². The summed E-state index contributed by atoms with van der Waals surface area (Å²) in [4.78, 5) is 34.5. The van der Waals surface area contributed by atoms with Crippen molar-refractivity contribution in [2.24, 2.45) is 0 Å². The van der Waals surface area contributed by atoms with Crippen LogP contribution in [0.4, 0.5) is 35.2 Å². The lowest BCUT2D eigenvalue weighted by molar-refractivity contribution is -0.0328. The molecule has 0 radical (unpaired) electrons. The highest BCUT2D eigenvalue weighted by molar-refractivity contribution is 8.00. The number of hydrogen-bond acceptors (Lipinski definition) is 6. The quantitative estimate of drug-likeness (QED) is 0.187. The van der Waals surface area contributed by atoms with Crippen LogP contribution in [0.3, 0.4) is 0 Å². The molecule has 0 atom stereocenters. The van der Waals surface area contributed by atoms with Gasteiger partial charge in [0.05, 0.1) is 10.9 Å². The fourth-order valence-corrected chi connectivity index (χ4v) is 5.21. The van der Waals surface area contributed by atoms with Gasteiger partial charge < -0.3 is 20.9 Å². The van der Waals surface area contributed by atoms with E-state index in [0.717, 1.165) is 25.7 Å². The molecule has 1 fully saturated rings. The van der Waals surface area contributed by atoms with Gasteiger partial charge in [0.1, 0.15) is 17.8 Å². The van der Waals surface area contributed by atoms with E-state index >= 15 is 0 Å². The molecule has 12 heteroatoms. The van der Waals surface area contributed by atoms with Crippen LogP contribution in [0, 0.1) is 0 Å². The molecule has 1 aliphatic carbocycles. The van der Waals surface area contributed by atoms with Crippen molar-refractivity contribution in [3.8, 4) is 0 Å². The molecule has 0 aliphatic heterocycles. The summed E-state index contributed by atoms with van der Waals surface area (Å²) in [6.45, 7) is 0. The first kappa shape index (κ1) is 25.6. The molecule has 2 heterocycles. The van der Waals surface area contributed by atoms with Crippen molar-refractivity contribution in [2.75, 3.05) is 16.4 Å². The zero-order valence-electron chi connectivity index (χ0n) is 20.0. The normalized spacial score (nSPS) is 14.1. The summed E-state index contributed by atoms with van der Waals surface area (Å²) in [6.07, 6.45) is 7.41. The first-order chi connectivity index (χ1) is 18.2. The Hall–Kier alpha value is -4.06. The molecule has 0 unspecified atom stereocenters. The van der Waals surface area contributed by atoms with E-state index in [9.17, 15) is 22.8 Å². The minimum atomic E-state index is -4.39. The molecule has 1 aliphatic rings. The number of amides is 2. The predicted molar refractivity (Wildman–Crippen MR) is 140 cm³/mol. The number of nitrogen functional groups attached to an aromatic ring is 1. The van der Waals surface area contributed by atoms with E-state index in [-0.39, 0.29) is 34.3 Å². The third kappa shape index (κ3) is 5.59. The Bertz CT molecular complexity index is 1500. The molecule has 0 spiro atoms. The molecule has 8 nitrogen and oxygen atoms in total. The number of aromatic nitrogens is 3. The number of rotatable bonds is 6. The van der Waals surface area contributed by atoms with Gasteiger partial charge in [0.2, 0.25) is 0 Å². The monoisotopic (exact) mass is 540 g/mol. The lowest BCUT2D eigenvalue weighted by Crippen LogP contribution is -2.19. The zero-order chi connectivity index (χ0) is 26.9.